The number of rotatable bonds is 1. The van der Waals surface area contributed by atoms with E-state index in [0.29, 0.717) is 13.0 Å². The number of imidazole rings is 1. The zero-order valence-corrected chi connectivity index (χ0v) is 10.3. The molecule has 2 aromatic rings. The summed E-state index contributed by atoms with van der Waals surface area (Å²) in [6.07, 6.45) is -2.83. The molecule has 3 rings (SSSR count). The van der Waals surface area contributed by atoms with Gasteiger partial charge >= 0.3 is 6.18 Å². The number of aryl methyl sites for hydroxylation is 1. The zero-order valence-electron chi connectivity index (χ0n) is 10.3. The van der Waals surface area contributed by atoms with Crippen molar-refractivity contribution in [2.24, 2.45) is 0 Å². The van der Waals surface area contributed by atoms with Crippen LogP contribution in [-0.2, 0) is 12.7 Å². The maximum absolute atomic E-state index is 12.9. The van der Waals surface area contributed by atoms with E-state index < -0.39 is 11.9 Å². The van der Waals surface area contributed by atoms with Crippen LogP contribution in [0, 0.1) is 5.82 Å². The normalized spacial score (nSPS) is 18.5. The Kier molecular flexibility index (Phi) is 2.92. The Labute approximate surface area is 112 Å². The van der Waals surface area contributed by atoms with Crippen molar-refractivity contribution < 1.29 is 17.6 Å². The summed E-state index contributed by atoms with van der Waals surface area (Å²) in [6, 6.07) is 5.75. The van der Waals surface area contributed by atoms with E-state index in [1.165, 1.54) is 16.7 Å². The van der Waals surface area contributed by atoms with E-state index >= 15 is 0 Å². The molecule has 0 spiro atoms. The van der Waals surface area contributed by atoms with Crippen LogP contribution in [0.1, 0.15) is 23.7 Å². The van der Waals surface area contributed by atoms with Crippen molar-refractivity contribution in [1.29, 1.82) is 0 Å². The molecule has 2 heterocycles. The highest BCUT2D eigenvalue weighted by Gasteiger charge is 2.35. The maximum Gasteiger partial charge on any atom is 0.434 e. The topological polar surface area (TPSA) is 29.9 Å². The first-order valence-electron chi connectivity index (χ1n) is 6.10. The van der Waals surface area contributed by atoms with Crippen LogP contribution in [0.2, 0.25) is 0 Å². The second kappa shape index (κ2) is 4.50. The Hall–Kier alpha value is -2.05. The van der Waals surface area contributed by atoms with Gasteiger partial charge in [0.2, 0.25) is 5.95 Å². The van der Waals surface area contributed by atoms with Gasteiger partial charge < -0.3 is 9.88 Å². The number of nitrogens with one attached hydrogen (secondary N) is 1. The summed E-state index contributed by atoms with van der Waals surface area (Å²) in [5, 5.41) is 2.95. The van der Waals surface area contributed by atoms with Crippen molar-refractivity contribution in [3.8, 4) is 0 Å². The standard InChI is InChI=1S/C13H11F4N3/c14-9-3-1-8(2-4-9)10-5-6-20-7-11(13(15,16)17)19-12(20)18-10/h1-4,7,10H,5-6H2,(H,18,19). The van der Waals surface area contributed by atoms with Gasteiger partial charge in [0, 0.05) is 12.7 Å². The first-order valence-corrected chi connectivity index (χ1v) is 6.10. The van der Waals surface area contributed by atoms with Gasteiger partial charge in [0.05, 0.1) is 6.04 Å². The summed E-state index contributed by atoms with van der Waals surface area (Å²) in [7, 11) is 0. The van der Waals surface area contributed by atoms with Crippen LogP contribution in [0.15, 0.2) is 30.5 Å². The molecule has 106 valence electrons. The van der Waals surface area contributed by atoms with E-state index in [1.807, 2.05) is 0 Å². The molecule has 1 aliphatic rings. The third-order valence-corrected chi connectivity index (χ3v) is 3.30. The molecule has 1 aliphatic heterocycles. The maximum atomic E-state index is 12.9. The minimum Gasteiger partial charge on any atom is -0.349 e. The minimum absolute atomic E-state index is 0.161. The molecular formula is C13H11F4N3. The van der Waals surface area contributed by atoms with E-state index in [2.05, 4.69) is 10.3 Å². The third kappa shape index (κ3) is 2.35. The van der Waals surface area contributed by atoms with Crippen LogP contribution in [0.5, 0.6) is 0 Å². The highest BCUT2D eigenvalue weighted by Crippen LogP contribution is 2.33. The molecule has 1 aromatic heterocycles. The number of alkyl halides is 3. The third-order valence-electron chi connectivity index (χ3n) is 3.30. The van der Waals surface area contributed by atoms with Gasteiger partial charge in [-0.1, -0.05) is 12.1 Å². The molecule has 0 amide bonds. The lowest BCUT2D eigenvalue weighted by molar-refractivity contribution is -0.140. The van der Waals surface area contributed by atoms with E-state index in [9.17, 15) is 17.6 Å². The van der Waals surface area contributed by atoms with Crippen molar-refractivity contribution >= 4 is 5.95 Å². The first-order chi connectivity index (χ1) is 9.43. The Bertz CT molecular complexity index is 616. The van der Waals surface area contributed by atoms with Gasteiger partial charge in [-0.05, 0) is 24.1 Å². The molecule has 0 saturated heterocycles. The van der Waals surface area contributed by atoms with Crippen LogP contribution in [-0.4, -0.2) is 9.55 Å². The lowest BCUT2D eigenvalue weighted by Gasteiger charge is -2.25. The molecular weight excluding hydrogens is 274 g/mol. The van der Waals surface area contributed by atoms with Gasteiger partial charge in [-0.15, -0.1) is 0 Å². The fraction of sp³-hybridized carbons (Fsp3) is 0.308. The number of hydrogen-bond donors (Lipinski definition) is 1. The van der Waals surface area contributed by atoms with Gasteiger partial charge in [-0.25, -0.2) is 9.37 Å². The summed E-state index contributed by atoms with van der Waals surface area (Å²) >= 11 is 0. The van der Waals surface area contributed by atoms with Gasteiger partial charge in [-0.3, -0.25) is 0 Å². The Morgan fingerprint density at radius 2 is 1.90 bits per heavy atom. The van der Waals surface area contributed by atoms with E-state index in [-0.39, 0.29) is 17.8 Å². The summed E-state index contributed by atoms with van der Waals surface area (Å²) in [4.78, 5) is 3.57. The molecule has 1 atom stereocenters. The molecule has 0 fully saturated rings. The lowest BCUT2D eigenvalue weighted by Crippen LogP contribution is -2.21. The molecule has 1 N–H and O–H groups in total. The van der Waals surface area contributed by atoms with Gasteiger partial charge in [0.25, 0.3) is 0 Å². The van der Waals surface area contributed by atoms with Crippen molar-refractivity contribution in [1.82, 2.24) is 9.55 Å². The second-order valence-corrected chi connectivity index (χ2v) is 4.68. The minimum atomic E-state index is -4.45. The number of fused-ring (bicyclic) bond motifs is 1. The van der Waals surface area contributed by atoms with Gasteiger partial charge in [0.15, 0.2) is 5.69 Å². The van der Waals surface area contributed by atoms with E-state index in [4.69, 9.17) is 0 Å². The number of aromatic nitrogens is 2. The quantitative estimate of drug-likeness (QED) is 0.811. The summed E-state index contributed by atoms with van der Waals surface area (Å²) in [5.74, 6) is -0.150. The fourth-order valence-electron chi connectivity index (χ4n) is 2.28. The number of halogens is 4. The first kappa shape index (κ1) is 13.0. The van der Waals surface area contributed by atoms with Crippen LogP contribution < -0.4 is 5.32 Å². The zero-order chi connectivity index (χ0) is 14.3. The van der Waals surface area contributed by atoms with Gasteiger partial charge in [0.1, 0.15) is 5.82 Å². The Balaban J connectivity index is 1.85. The molecule has 7 heteroatoms. The number of nitrogens with zero attached hydrogens (tertiary/aromatic N) is 2. The van der Waals surface area contributed by atoms with Crippen LogP contribution in [0.3, 0.4) is 0 Å². The summed E-state index contributed by atoms with van der Waals surface area (Å²) in [5.41, 5.74) is -0.0750. The molecule has 1 aromatic carbocycles. The average molecular weight is 285 g/mol. The summed E-state index contributed by atoms with van der Waals surface area (Å²) < 4.78 is 52.1. The van der Waals surface area contributed by atoms with Crippen molar-refractivity contribution in [2.75, 3.05) is 5.32 Å². The van der Waals surface area contributed by atoms with Crippen molar-refractivity contribution in [3.05, 3.63) is 47.5 Å². The molecule has 3 nitrogen and oxygen atoms in total. The highest BCUT2D eigenvalue weighted by molar-refractivity contribution is 5.37. The molecule has 0 saturated carbocycles. The van der Waals surface area contributed by atoms with Crippen LogP contribution in [0.25, 0.3) is 0 Å². The van der Waals surface area contributed by atoms with E-state index in [1.54, 1.807) is 12.1 Å². The average Bonchev–Trinajstić information content (AvgIpc) is 2.82. The largest absolute Gasteiger partial charge is 0.434 e. The van der Waals surface area contributed by atoms with E-state index in [0.717, 1.165) is 11.8 Å². The monoisotopic (exact) mass is 285 g/mol. The Morgan fingerprint density at radius 1 is 1.20 bits per heavy atom. The number of anilines is 1. The van der Waals surface area contributed by atoms with Crippen LogP contribution in [0.4, 0.5) is 23.5 Å². The lowest BCUT2D eigenvalue weighted by atomic mass is 10.0. The predicted octanol–water partition coefficient (Wildman–Crippen LogP) is 3.60. The highest BCUT2D eigenvalue weighted by atomic mass is 19.4. The molecule has 0 bridgehead atoms. The number of benzene rings is 1. The van der Waals surface area contributed by atoms with Crippen molar-refractivity contribution in [2.45, 2.75) is 25.2 Å². The number of hydrogen-bond acceptors (Lipinski definition) is 2. The summed E-state index contributed by atoms with van der Waals surface area (Å²) in [6.45, 7) is 0.438. The molecule has 20 heavy (non-hydrogen) atoms. The smallest absolute Gasteiger partial charge is 0.349 e. The predicted molar refractivity (Wildman–Crippen MR) is 64.6 cm³/mol. The van der Waals surface area contributed by atoms with Gasteiger partial charge in [-0.2, -0.15) is 13.2 Å². The molecule has 0 aliphatic carbocycles. The molecule has 1 unspecified atom stereocenters. The Morgan fingerprint density at radius 3 is 2.55 bits per heavy atom. The fourth-order valence-corrected chi connectivity index (χ4v) is 2.28. The molecule has 0 radical (unpaired) electrons. The van der Waals surface area contributed by atoms with Crippen LogP contribution >= 0.6 is 0 Å². The second-order valence-electron chi connectivity index (χ2n) is 4.68. The van der Waals surface area contributed by atoms with Crippen molar-refractivity contribution in [3.63, 3.8) is 0 Å². The SMILES string of the molecule is Fc1ccc(C2CCn3cc(C(F)(F)F)nc3N2)cc1.